The molecule has 130 valence electrons. The van der Waals surface area contributed by atoms with Crippen molar-refractivity contribution >= 4 is 33.8 Å². The normalized spacial score (nSPS) is 10.3. The van der Waals surface area contributed by atoms with Gasteiger partial charge in [0, 0.05) is 35.4 Å². The lowest BCUT2D eigenvalue weighted by Gasteiger charge is -2.00. The maximum atomic E-state index is 12.2. The highest BCUT2D eigenvalue weighted by Crippen LogP contribution is 2.29. The van der Waals surface area contributed by atoms with Crippen LogP contribution in [0.25, 0.3) is 10.6 Å². The second-order valence-electron chi connectivity index (χ2n) is 4.98. The van der Waals surface area contributed by atoms with Crippen LogP contribution in [0.1, 0.15) is 10.4 Å². The van der Waals surface area contributed by atoms with Gasteiger partial charge in [0.15, 0.2) is 0 Å². The Balaban J connectivity index is 1.79. The molecule has 0 bridgehead atoms. The van der Waals surface area contributed by atoms with E-state index in [0.717, 1.165) is 17.4 Å². The Hall–Kier alpha value is -3.73. The van der Waals surface area contributed by atoms with Gasteiger partial charge in [-0.25, -0.2) is 0 Å². The first-order chi connectivity index (χ1) is 12.4. The standard InChI is InChI=1S/C15H9N5O5S/c21-13(9-3-1-5-11(7-9)19(22)23)16-15-18-17-14(26-15)10-4-2-6-12(8-10)20(24)25/h1-8H,(H,16,18,21). The highest BCUT2D eigenvalue weighted by Gasteiger charge is 2.15. The topological polar surface area (TPSA) is 141 Å². The molecule has 1 N–H and O–H groups in total. The highest BCUT2D eigenvalue weighted by atomic mass is 32.1. The van der Waals surface area contributed by atoms with Gasteiger partial charge in [0.25, 0.3) is 17.3 Å². The minimum atomic E-state index is -0.595. The summed E-state index contributed by atoms with van der Waals surface area (Å²) in [6, 6.07) is 11.1. The summed E-state index contributed by atoms with van der Waals surface area (Å²) in [5.41, 5.74) is 0.311. The van der Waals surface area contributed by atoms with Crippen molar-refractivity contribution in [2.45, 2.75) is 0 Å². The molecule has 0 fully saturated rings. The van der Waals surface area contributed by atoms with E-state index in [2.05, 4.69) is 15.5 Å². The first kappa shape index (κ1) is 17.1. The number of nitro benzene ring substituents is 2. The molecule has 1 amide bonds. The monoisotopic (exact) mass is 371 g/mol. The molecule has 0 aliphatic carbocycles. The summed E-state index contributed by atoms with van der Waals surface area (Å²) < 4.78 is 0. The van der Waals surface area contributed by atoms with Crippen LogP contribution in [0.2, 0.25) is 0 Å². The summed E-state index contributed by atoms with van der Waals surface area (Å²) in [6.45, 7) is 0. The fourth-order valence-corrected chi connectivity index (χ4v) is 2.81. The molecular formula is C15H9N5O5S. The van der Waals surface area contributed by atoms with Crippen molar-refractivity contribution in [3.63, 3.8) is 0 Å². The number of nitro groups is 2. The highest BCUT2D eigenvalue weighted by molar-refractivity contribution is 7.18. The zero-order chi connectivity index (χ0) is 18.7. The number of aromatic nitrogens is 2. The summed E-state index contributed by atoms with van der Waals surface area (Å²) in [4.78, 5) is 32.7. The van der Waals surface area contributed by atoms with Gasteiger partial charge in [-0.05, 0) is 6.07 Å². The first-order valence-electron chi connectivity index (χ1n) is 7.08. The number of carbonyl (C=O) groups is 1. The van der Waals surface area contributed by atoms with E-state index in [4.69, 9.17) is 0 Å². The summed E-state index contributed by atoms with van der Waals surface area (Å²) in [7, 11) is 0. The van der Waals surface area contributed by atoms with Crippen LogP contribution in [0.3, 0.4) is 0 Å². The van der Waals surface area contributed by atoms with Crippen LogP contribution >= 0.6 is 11.3 Å². The Morgan fingerprint density at radius 3 is 2.31 bits per heavy atom. The number of carbonyl (C=O) groups excluding carboxylic acids is 1. The molecule has 0 atom stereocenters. The van der Waals surface area contributed by atoms with Gasteiger partial charge in [0.2, 0.25) is 5.13 Å². The second kappa shape index (κ2) is 7.03. The SMILES string of the molecule is O=C(Nc1nnc(-c2cccc([N+](=O)[O-])c2)s1)c1cccc([N+](=O)[O-])c1. The molecule has 11 heteroatoms. The fourth-order valence-electron chi connectivity index (χ4n) is 2.07. The molecule has 26 heavy (non-hydrogen) atoms. The molecule has 0 unspecified atom stereocenters. The number of amides is 1. The molecule has 3 rings (SSSR count). The van der Waals surface area contributed by atoms with Crippen LogP contribution in [0, 0.1) is 20.2 Å². The van der Waals surface area contributed by atoms with Crippen LogP contribution < -0.4 is 5.32 Å². The van der Waals surface area contributed by atoms with Crippen molar-refractivity contribution in [1.82, 2.24) is 10.2 Å². The number of nitrogens with one attached hydrogen (secondary N) is 1. The third-order valence-electron chi connectivity index (χ3n) is 3.27. The molecule has 10 nitrogen and oxygen atoms in total. The molecule has 0 spiro atoms. The van der Waals surface area contributed by atoms with E-state index in [1.807, 2.05) is 0 Å². The van der Waals surface area contributed by atoms with Gasteiger partial charge in [-0.1, -0.05) is 29.5 Å². The van der Waals surface area contributed by atoms with Crippen molar-refractivity contribution in [1.29, 1.82) is 0 Å². The van der Waals surface area contributed by atoms with Crippen LogP contribution in [-0.2, 0) is 0 Å². The Morgan fingerprint density at radius 2 is 1.62 bits per heavy atom. The first-order valence-corrected chi connectivity index (χ1v) is 7.90. The van der Waals surface area contributed by atoms with Crippen LogP contribution in [0.15, 0.2) is 48.5 Å². The second-order valence-corrected chi connectivity index (χ2v) is 5.96. The van der Waals surface area contributed by atoms with E-state index < -0.39 is 15.8 Å². The van der Waals surface area contributed by atoms with Gasteiger partial charge in [-0.2, -0.15) is 0 Å². The molecule has 3 aromatic rings. The summed E-state index contributed by atoms with van der Waals surface area (Å²) in [5.74, 6) is -0.574. The number of anilines is 1. The van der Waals surface area contributed by atoms with Crippen molar-refractivity contribution in [3.8, 4) is 10.6 Å². The van der Waals surface area contributed by atoms with Crippen LogP contribution in [0.5, 0.6) is 0 Å². The summed E-state index contributed by atoms with van der Waals surface area (Å²) in [5, 5.41) is 32.4. The lowest BCUT2D eigenvalue weighted by molar-refractivity contribution is -0.385. The minimum Gasteiger partial charge on any atom is -0.296 e. The van der Waals surface area contributed by atoms with Crippen molar-refractivity contribution in [3.05, 3.63) is 74.3 Å². The number of hydrogen-bond acceptors (Lipinski definition) is 8. The van der Waals surface area contributed by atoms with Crippen molar-refractivity contribution in [2.75, 3.05) is 5.32 Å². The Morgan fingerprint density at radius 1 is 0.962 bits per heavy atom. The van der Waals surface area contributed by atoms with Crippen molar-refractivity contribution in [2.24, 2.45) is 0 Å². The molecule has 2 aromatic carbocycles. The molecule has 0 saturated heterocycles. The molecular weight excluding hydrogens is 362 g/mol. The fraction of sp³-hybridized carbons (Fsp3) is 0. The van der Waals surface area contributed by atoms with E-state index in [-0.39, 0.29) is 22.1 Å². The van der Waals surface area contributed by atoms with Crippen LogP contribution in [-0.4, -0.2) is 26.0 Å². The van der Waals surface area contributed by atoms with Gasteiger partial charge < -0.3 is 0 Å². The van der Waals surface area contributed by atoms with Crippen molar-refractivity contribution < 1.29 is 14.6 Å². The average molecular weight is 371 g/mol. The average Bonchev–Trinajstić information content (AvgIpc) is 3.10. The molecule has 0 radical (unpaired) electrons. The number of hydrogen-bond donors (Lipinski definition) is 1. The van der Waals surface area contributed by atoms with E-state index in [9.17, 15) is 25.0 Å². The van der Waals surface area contributed by atoms with Gasteiger partial charge in [-0.15, -0.1) is 10.2 Å². The largest absolute Gasteiger partial charge is 0.296 e. The van der Waals surface area contributed by atoms with Gasteiger partial charge in [-0.3, -0.25) is 30.3 Å². The molecule has 0 aliphatic rings. The maximum Gasteiger partial charge on any atom is 0.270 e. The molecule has 1 heterocycles. The molecule has 0 aliphatic heterocycles. The maximum absolute atomic E-state index is 12.2. The van der Waals surface area contributed by atoms with E-state index in [1.165, 1.54) is 36.4 Å². The number of non-ortho nitro benzene ring substituents is 2. The number of benzene rings is 2. The summed E-state index contributed by atoms with van der Waals surface area (Å²) >= 11 is 1.03. The Labute approximate surface area is 149 Å². The van der Waals surface area contributed by atoms with E-state index in [0.29, 0.717) is 10.6 Å². The molecule has 0 saturated carbocycles. The van der Waals surface area contributed by atoms with Gasteiger partial charge in [0.1, 0.15) is 5.01 Å². The van der Waals surface area contributed by atoms with Crippen LogP contribution in [0.4, 0.5) is 16.5 Å². The quantitative estimate of drug-likeness (QED) is 0.536. The Kier molecular flexibility index (Phi) is 4.62. The minimum absolute atomic E-state index is 0.0834. The van der Waals surface area contributed by atoms with E-state index >= 15 is 0 Å². The third-order valence-corrected chi connectivity index (χ3v) is 4.16. The zero-order valence-corrected chi connectivity index (χ0v) is 13.7. The lowest BCUT2D eigenvalue weighted by atomic mass is 10.2. The number of rotatable bonds is 5. The predicted octanol–water partition coefficient (Wildman–Crippen LogP) is 3.27. The number of nitrogens with zero attached hydrogens (tertiary/aromatic N) is 4. The zero-order valence-electron chi connectivity index (χ0n) is 12.9. The smallest absolute Gasteiger partial charge is 0.270 e. The molecule has 1 aromatic heterocycles. The van der Waals surface area contributed by atoms with Gasteiger partial charge >= 0.3 is 0 Å². The lowest BCUT2D eigenvalue weighted by Crippen LogP contribution is -2.11. The Bertz CT molecular complexity index is 1020. The van der Waals surface area contributed by atoms with Gasteiger partial charge in [0.05, 0.1) is 9.85 Å². The van der Waals surface area contributed by atoms with E-state index in [1.54, 1.807) is 6.07 Å². The predicted molar refractivity (Wildman–Crippen MR) is 93.0 cm³/mol. The summed E-state index contributed by atoms with van der Waals surface area (Å²) in [6.07, 6.45) is 0. The third kappa shape index (κ3) is 3.67.